The summed E-state index contributed by atoms with van der Waals surface area (Å²) < 4.78 is 120. The summed E-state index contributed by atoms with van der Waals surface area (Å²) in [5.41, 5.74) is -8.08. The molecule has 198 valence electrons. The van der Waals surface area contributed by atoms with Gasteiger partial charge in [-0.05, 0) is 23.8 Å². The topological polar surface area (TPSA) is 110 Å². The van der Waals surface area contributed by atoms with E-state index >= 15 is 0 Å². The minimum absolute atomic E-state index is 0.0340. The average Bonchev–Trinajstić information content (AvgIpc) is 2.77. The Labute approximate surface area is 204 Å². The molecule has 0 bridgehead atoms. The van der Waals surface area contributed by atoms with E-state index in [1.807, 2.05) is 0 Å². The van der Waals surface area contributed by atoms with Crippen LogP contribution in [0.25, 0.3) is 11.1 Å². The Hall–Kier alpha value is -3.72. The third kappa shape index (κ3) is 5.67. The molecule has 0 aliphatic rings. The maximum absolute atomic E-state index is 14.5. The maximum Gasteiger partial charge on any atom is 0.430 e. The number of hydrogen-bond acceptors (Lipinski definition) is 5. The van der Waals surface area contributed by atoms with E-state index in [0.717, 1.165) is 30.3 Å². The van der Waals surface area contributed by atoms with E-state index in [2.05, 4.69) is 4.72 Å². The summed E-state index contributed by atoms with van der Waals surface area (Å²) in [4.78, 5) is 10.3. The van der Waals surface area contributed by atoms with Crippen molar-refractivity contribution in [2.75, 3.05) is 4.72 Å². The monoisotopic (exact) mass is 552 g/mol. The van der Waals surface area contributed by atoms with Crippen molar-refractivity contribution in [3.63, 3.8) is 0 Å². The Morgan fingerprint density at radius 1 is 0.892 bits per heavy atom. The zero-order valence-corrected chi connectivity index (χ0v) is 19.0. The molecule has 0 aliphatic heterocycles. The van der Waals surface area contributed by atoms with Gasteiger partial charge in [-0.2, -0.15) is 26.3 Å². The van der Waals surface area contributed by atoms with Gasteiger partial charge in [0.2, 0.25) is 10.0 Å². The number of hydrogen-bond donors (Lipinski definition) is 2. The first-order chi connectivity index (χ1) is 17.0. The van der Waals surface area contributed by atoms with Gasteiger partial charge in [-0.15, -0.1) is 0 Å². The van der Waals surface area contributed by atoms with Gasteiger partial charge in [0, 0.05) is 28.4 Å². The van der Waals surface area contributed by atoms with Crippen LogP contribution in [0, 0.1) is 15.9 Å². The minimum Gasteiger partial charge on any atom is -0.369 e. The van der Waals surface area contributed by atoms with E-state index in [0.29, 0.717) is 6.07 Å². The van der Waals surface area contributed by atoms with Crippen LogP contribution < -0.4 is 4.72 Å². The summed E-state index contributed by atoms with van der Waals surface area (Å²) in [5, 5.41) is 20.5. The fourth-order valence-electron chi connectivity index (χ4n) is 3.41. The minimum atomic E-state index is -6.18. The second-order valence-electron chi connectivity index (χ2n) is 7.72. The van der Waals surface area contributed by atoms with E-state index < -0.39 is 61.3 Å². The number of alkyl halides is 6. The lowest BCUT2D eigenvalue weighted by Gasteiger charge is -2.32. The summed E-state index contributed by atoms with van der Waals surface area (Å²) in [5.74, 6) is -2.25. The summed E-state index contributed by atoms with van der Waals surface area (Å²) >= 11 is 0. The second kappa shape index (κ2) is 9.63. The normalized spacial score (nSPS) is 12.9. The predicted molar refractivity (Wildman–Crippen MR) is 117 cm³/mol. The number of aliphatic hydroxyl groups is 1. The molecule has 0 radical (unpaired) electrons. The lowest BCUT2D eigenvalue weighted by atomic mass is 9.90. The summed E-state index contributed by atoms with van der Waals surface area (Å²) in [6.45, 7) is 0. The van der Waals surface area contributed by atoms with E-state index in [1.165, 1.54) is 18.2 Å². The fourth-order valence-corrected chi connectivity index (χ4v) is 4.63. The van der Waals surface area contributed by atoms with E-state index in [4.69, 9.17) is 0 Å². The fraction of sp³-hybridized carbons (Fsp3) is 0.182. The van der Waals surface area contributed by atoms with Gasteiger partial charge in [0.1, 0.15) is 11.6 Å². The number of nitrogens with one attached hydrogen (secondary N) is 1. The molecular formula is C22H15F7N2O5S. The standard InChI is InChI=1S/C22H15F7N2O5S/c23-18-11-15(20(32,21(24,25)26)22(27,28)29)7-10-17(18)13-5-8-16(9-6-13)30-37(35,36)12-14-3-1-2-4-19(14)31(33)34/h1-11,30,32H,12H2. The van der Waals surface area contributed by atoms with Crippen molar-refractivity contribution in [1.82, 2.24) is 0 Å². The number of rotatable bonds is 7. The highest BCUT2D eigenvalue weighted by Crippen LogP contribution is 2.50. The zero-order chi connectivity index (χ0) is 27.8. The first kappa shape index (κ1) is 27.9. The third-order valence-electron chi connectivity index (χ3n) is 5.21. The van der Waals surface area contributed by atoms with Crippen LogP contribution in [0.5, 0.6) is 0 Å². The Kier molecular flexibility index (Phi) is 7.25. The molecular weight excluding hydrogens is 537 g/mol. The smallest absolute Gasteiger partial charge is 0.369 e. The van der Waals surface area contributed by atoms with Crippen molar-refractivity contribution in [1.29, 1.82) is 0 Å². The maximum atomic E-state index is 14.5. The SMILES string of the molecule is O=[N+]([O-])c1ccccc1CS(=O)(=O)Nc1ccc(-c2ccc(C(O)(C(F)(F)F)C(F)(F)F)cc2F)cc1. The zero-order valence-electron chi connectivity index (χ0n) is 18.1. The molecule has 0 saturated heterocycles. The van der Waals surface area contributed by atoms with Crippen molar-refractivity contribution in [3.8, 4) is 11.1 Å². The van der Waals surface area contributed by atoms with Gasteiger partial charge >= 0.3 is 12.4 Å². The number of para-hydroxylation sites is 1. The molecule has 2 N–H and O–H groups in total. The van der Waals surface area contributed by atoms with Crippen LogP contribution in [0.15, 0.2) is 66.7 Å². The molecule has 0 atom stereocenters. The molecule has 0 heterocycles. The lowest BCUT2D eigenvalue weighted by molar-refractivity contribution is -0.385. The summed E-state index contributed by atoms with van der Waals surface area (Å²) in [6.07, 6.45) is -12.4. The Morgan fingerprint density at radius 3 is 1.97 bits per heavy atom. The Bertz CT molecular complexity index is 1410. The van der Waals surface area contributed by atoms with E-state index in [9.17, 15) is 54.4 Å². The van der Waals surface area contributed by atoms with Crippen LogP contribution in [-0.4, -0.2) is 30.8 Å². The molecule has 3 rings (SSSR count). The van der Waals surface area contributed by atoms with Crippen LogP contribution in [0.4, 0.5) is 42.1 Å². The van der Waals surface area contributed by atoms with Crippen LogP contribution in [0.3, 0.4) is 0 Å². The van der Waals surface area contributed by atoms with Crippen molar-refractivity contribution in [2.45, 2.75) is 23.7 Å². The number of nitro benzene ring substituents is 1. The van der Waals surface area contributed by atoms with Gasteiger partial charge in [0.25, 0.3) is 11.3 Å². The summed E-state index contributed by atoms with van der Waals surface area (Å²) in [7, 11) is -4.15. The molecule has 0 fully saturated rings. The molecule has 0 saturated carbocycles. The van der Waals surface area contributed by atoms with Crippen LogP contribution in [0.1, 0.15) is 11.1 Å². The van der Waals surface area contributed by atoms with Crippen molar-refractivity contribution in [2.24, 2.45) is 0 Å². The van der Waals surface area contributed by atoms with Crippen LogP contribution >= 0.6 is 0 Å². The highest BCUT2D eigenvalue weighted by molar-refractivity contribution is 7.91. The van der Waals surface area contributed by atoms with E-state index in [1.54, 1.807) is 0 Å². The van der Waals surface area contributed by atoms with Gasteiger partial charge in [0.15, 0.2) is 0 Å². The largest absolute Gasteiger partial charge is 0.430 e. The molecule has 0 aromatic heterocycles. The Balaban J connectivity index is 1.85. The average molecular weight is 552 g/mol. The summed E-state index contributed by atoms with van der Waals surface area (Å²) in [6, 6.07) is 10.5. The van der Waals surface area contributed by atoms with Crippen molar-refractivity contribution < 1.29 is 49.2 Å². The van der Waals surface area contributed by atoms with Gasteiger partial charge in [0.05, 0.1) is 4.92 Å². The molecule has 0 amide bonds. The number of benzene rings is 3. The number of sulfonamides is 1. The van der Waals surface area contributed by atoms with Gasteiger partial charge in [-0.3, -0.25) is 14.8 Å². The molecule has 0 aliphatic carbocycles. The number of nitrogens with zero attached hydrogens (tertiary/aromatic N) is 1. The molecule has 3 aromatic carbocycles. The number of nitro groups is 1. The molecule has 3 aromatic rings. The number of halogens is 7. The van der Waals surface area contributed by atoms with E-state index in [-0.39, 0.29) is 28.9 Å². The van der Waals surface area contributed by atoms with Crippen molar-refractivity contribution in [3.05, 3.63) is 93.8 Å². The second-order valence-corrected chi connectivity index (χ2v) is 9.45. The van der Waals surface area contributed by atoms with Crippen LogP contribution in [0.2, 0.25) is 0 Å². The number of anilines is 1. The molecule has 7 nitrogen and oxygen atoms in total. The lowest BCUT2D eigenvalue weighted by Crippen LogP contribution is -2.53. The first-order valence-electron chi connectivity index (χ1n) is 9.95. The van der Waals surface area contributed by atoms with Gasteiger partial charge < -0.3 is 5.11 Å². The first-order valence-corrected chi connectivity index (χ1v) is 11.6. The Morgan fingerprint density at radius 2 is 1.46 bits per heavy atom. The quantitative estimate of drug-likeness (QED) is 0.224. The van der Waals surface area contributed by atoms with Gasteiger partial charge in [-0.25, -0.2) is 12.8 Å². The molecule has 37 heavy (non-hydrogen) atoms. The molecule has 0 spiro atoms. The predicted octanol–water partition coefficient (Wildman–Crippen LogP) is 5.66. The van der Waals surface area contributed by atoms with Gasteiger partial charge in [-0.1, -0.05) is 42.5 Å². The highest BCUT2D eigenvalue weighted by atomic mass is 32.2. The third-order valence-corrected chi connectivity index (χ3v) is 6.45. The molecule has 0 unspecified atom stereocenters. The molecule has 15 heteroatoms. The van der Waals surface area contributed by atoms with Crippen molar-refractivity contribution >= 4 is 21.4 Å². The highest BCUT2D eigenvalue weighted by Gasteiger charge is 2.71. The van der Waals surface area contributed by atoms with Crippen LogP contribution in [-0.2, 0) is 21.4 Å².